The van der Waals surface area contributed by atoms with Gasteiger partial charge in [-0.05, 0) is 42.7 Å². The van der Waals surface area contributed by atoms with Crippen molar-refractivity contribution in [1.29, 1.82) is 0 Å². The number of halogens is 1. The molecule has 0 saturated heterocycles. The molecule has 2 rings (SSSR count). The number of hydrogen-bond acceptors (Lipinski definition) is 3. The largest absolute Gasteiger partial charge is 0.439 e. The predicted octanol–water partition coefficient (Wildman–Crippen LogP) is 4.31. The van der Waals surface area contributed by atoms with Gasteiger partial charge in [0.05, 0.1) is 11.9 Å². The second kappa shape index (κ2) is 7.02. The topological polar surface area (TPSA) is 51.2 Å². The third-order valence-corrected chi connectivity index (χ3v) is 2.97. The van der Waals surface area contributed by atoms with Crippen molar-refractivity contribution in [2.45, 2.75) is 27.2 Å². The van der Waals surface area contributed by atoms with E-state index in [1.54, 1.807) is 31.2 Å². The van der Waals surface area contributed by atoms with E-state index in [1.807, 2.05) is 13.8 Å². The van der Waals surface area contributed by atoms with Gasteiger partial charge < -0.3 is 10.1 Å². The number of benzene rings is 1. The average Bonchev–Trinajstić information content (AvgIpc) is 2.44. The molecule has 1 aromatic heterocycles. The highest BCUT2D eigenvalue weighted by Crippen LogP contribution is 2.22. The zero-order valence-corrected chi connectivity index (χ0v) is 12.9. The number of anilines is 1. The zero-order chi connectivity index (χ0) is 16.1. The summed E-state index contributed by atoms with van der Waals surface area (Å²) in [5, 5.41) is 2.77. The van der Waals surface area contributed by atoms with Gasteiger partial charge in [0, 0.05) is 12.5 Å². The fourth-order valence-corrected chi connectivity index (χ4v) is 1.90. The van der Waals surface area contributed by atoms with Crippen LogP contribution in [0.15, 0.2) is 36.5 Å². The van der Waals surface area contributed by atoms with Crippen molar-refractivity contribution in [3.63, 3.8) is 0 Å². The summed E-state index contributed by atoms with van der Waals surface area (Å²) < 4.78 is 18.7. The van der Waals surface area contributed by atoms with Gasteiger partial charge in [-0.15, -0.1) is 0 Å². The Kier molecular flexibility index (Phi) is 5.09. The second-order valence-corrected chi connectivity index (χ2v) is 5.54. The Labute approximate surface area is 129 Å². The van der Waals surface area contributed by atoms with Gasteiger partial charge in [0.1, 0.15) is 11.6 Å². The summed E-state index contributed by atoms with van der Waals surface area (Å²) >= 11 is 0. The molecule has 0 bridgehead atoms. The molecule has 1 N–H and O–H groups in total. The van der Waals surface area contributed by atoms with Crippen LogP contribution in [0.1, 0.15) is 25.8 Å². The first-order valence-electron chi connectivity index (χ1n) is 7.14. The van der Waals surface area contributed by atoms with E-state index in [-0.39, 0.29) is 11.7 Å². The fraction of sp³-hybridized carbons (Fsp3) is 0.294. The number of aromatic nitrogens is 1. The molecular formula is C17H19FN2O2. The molecule has 0 unspecified atom stereocenters. The van der Waals surface area contributed by atoms with Crippen LogP contribution in [-0.4, -0.2) is 10.9 Å². The molecule has 5 heteroatoms. The van der Waals surface area contributed by atoms with E-state index in [2.05, 4.69) is 10.3 Å². The molecule has 2 aromatic rings. The number of nitrogens with one attached hydrogen (secondary N) is 1. The van der Waals surface area contributed by atoms with Gasteiger partial charge >= 0.3 is 0 Å². The smallest absolute Gasteiger partial charge is 0.224 e. The number of hydrogen-bond donors (Lipinski definition) is 1. The minimum absolute atomic E-state index is 0.0420. The highest BCUT2D eigenvalue weighted by atomic mass is 19.1. The van der Waals surface area contributed by atoms with Gasteiger partial charge in [-0.3, -0.25) is 4.79 Å². The fourth-order valence-electron chi connectivity index (χ4n) is 1.90. The van der Waals surface area contributed by atoms with E-state index < -0.39 is 0 Å². The molecule has 0 radical (unpaired) electrons. The number of carbonyl (C=O) groups is 1. The minimum Gasteiger partial charge on any atom is -0.439 e. The number of aryl methyl sites for hydroxylation is 1. The van der Waals surface area contributed by atoms with Crippen LogP contribution in [-0.2, 0) is 4.79 Å². The predicted molar refractivity (Wildman–Crippen MR) is 83.5 cm³/mol. The Bertz CT molecular complexity index is 654. The molecule has 4 nitrogen and oxygen atoms in total. The van der Waals surface area contributed by atoms with E-state index >= 15 is 0 Å². The molecule has 1 aromatic carbocycles. The Morgan fingerprint density at radius 1 is 1.32 bits per heavy atom. The first-order valence-corrected chi connectivity index (χ1v) is 7.14. The zero-order valence-electron chi connectivity index (χ0n) is 12.9. The lowest BCUT2D eigenvalue weighted by Gasteiger charge is -2.09. The SMILES string of the molecule is Cc1cc(Oc2ccc(NC(=O)CC(C)C)cn2)ccc1F. The van der Waals surface area contributed by atoms with Crippen LogP contribution in [0, 0.1) is 18.7 Å². The van der Waals surface area contributed by atoms with Gasteiger partial charge in [-0.25, -0.2) is 9.37 Å². The summed E-state index contributed by atoms with van der Waals surface area (Å²) in [4.78, 5) is 15.8. The summed E-state index contributed by atoms with van der Waals surface area (Å²) in [6.45, 7) is 5.64. The maximum absolute atomic E-state index is 13.2. The normalized spacial score (nSPS) is 10.6. The second-order valence-electron chi connectivity index (χ2n) is 5.54. The number of amides is 1. The van der Waals surface area contributed by atoms with Crippen LogP contribution in [0.3, 0.4) is 0 Å². The van der Waals surface area contributed by atoms with Crippen LogP contribution in [0.5, 0.6) is 11.6 Å². The highest BCUT2D eigenvalue weighted by Gasteiger charge is 2.06. The molecule has 0 spiro atoms. The molecule has 0 saturated carbocycles. The van der Waals surface area contributed by atoms with Crippen molar-refractivity contribution in [2.75, 3.05) is 5.32 Å². The van der Waals surface area contributed by atoms with E-state index in [0.717, 1.165) is 0 Å². The summed E-state index contributed by atoms with van der Waals surface area (Å²) in [5.74, 6) is 0.885. The molecule has 0 aliphatic carbocycles. The lowest BCUT2D eigenvalue weighted by Crippen LogP contribution is -2.13. The number of pyridine rings is 1. The lowest BCUT2D eigenvalue weighted by molar-refractivity contribution is -0.116. The molecule has 116 valence electrons. The van der Waals surface area contributed by atoms with Gasteiger partial charge in [-0.1, -0.05) is 13.8 Å². The standard InChI is InChI=1S/C17H19FN2O2/c1-11(2)8-16(21)20-13-4-7-17(19-10-13)22-14-5-6-15(18)12(3)9-14/h4-7,9-11H,8H2,1-3H3,(H,20,21). The molecule has 0 fully saturated rings. The minimum atomic E-state index is -0.275. The third-order valence-electron chi connectivity index (χ3n) is 2.97. The van der Waals surface area contributed by atoms with Crippen molar-refractivity contribution in [2.24, 2.45) is 5.92 Å². The Morgan fingerprint density at radius 2 is 2.09 bits per heavy atom. The van der Waals surface area contributed by atoms with Gasteiger partial charge in [-0.2, -0.15) is 0 Å². The number of ether oxygens (including phenoxy) is 1. The summed E-state index contributed by atoms with van der Waals surface area (Å²) in [6, 6.07) is 7.88. The summed E-state index contributed by atoms with van der Waals surface area (Å²) in [5.41, 5.74) is 1.13. The number of carbonyl (C=O) groups excluding carboxylic acids is 1. The van der Waals surface area contributed by atoms with E-state index in [0.29, 0.717) is 35.2 Å². The van der Waals surface area contributed by atoms with E-state index in [4.69, 9.17) is 4.74 Å². The average molecular weight is 302 g/mol. The van der Waals surface area contributed by atoms with Crippen molar-refractivity contribution in [3.05, 3.63) is 47.9 Å². The van der Waals surface area contributed by atoms with Crippen molar-refractivity contribution in [1.82, 2.24) is 4.98 Å². The molecule has 0 atom stereocenters. The quantitative estimate of drug-likeness (QED) is 0.895. The molecule has 0 aliphatic heterocycles. The van der Waals surface area contributed by atoms with Gasteiger partial charge in [0.25, 0.3) is 0 Å². The first-order chi connectivity index (χ1) is 10.4. The van der Waals surface area contributed by atoms with Crippen LogP contribution in [0.4, 0.5) is 10.1 Å². The van der Waals surface area contributed by atoms with Crippen molar-refractivity contribution in [3.8, 4) is 11.6 Å². The molecule has 1 amide bonds. The van der Waals surface area contributed by atoms with E-state index in [9.17, 15) is 9.18 Å². The first kappa shape index (κ1) is 15.9. The van der Waals surface area contributed by atoms with Crippen molar-refractivity contribution < 1.29 is 13.9 Å². The number of rotatable bonds is 5. The van der Waals surface area contributed by atoms with Gasteiger partial charge in [0.2, 0.25) is 11.8 Å². The van der Waals surface area contributed by atoms with Crippen LogP contribution >= 0.6 is 0 Å². The highest BCUT2D eigenvalue weighted by molar-refractivity contribution is 5.90. The molecular weight excluding hydrogens is 283 g/mol. The lowest BCUT2D eigenvalue weighted by atomic mass is 10.1. The maximum atomic E-state index is 13.2. The Balaban J connectivity index is 1.99. The van der Waals surface area contributed by atoms with Crippen LogP contribution in [0.2, 0.25) is 0 Å². The van der Waals surface area contributed by atoms with Crippen molar-refractivity contribution >= 4 is 11.6 Å². The maximum Gasteiger partial charge on any atom is 0.224 e. The third kappa shape index (κ3) is 4.55. The Morgan fingerprint density at radius 3 is 2.68 bits per heavy atom. The molecule has 22 heavy (non-hydrogen) atoms. The van der Waals surface area contributed by atoms with E-state index in [1.165, 1.54) is 12.3 Å². The number of nitrogens with zero attached hydrogens (tertiary/aromatic N) is 1. The monoisotopic (exact) mass is 302 g/mol. The van der Waals surface area contributed by atoms with Gasteiger partial charge in [0.15, 0.2) is 0 Å². The van der Waals surface area contributed by atoms with Crippen LogP contribution in [0.25, 0.3) is 0 Å². The molecule has 0 aliphatic rings. The summed E-state index contributed by atoms with van der Waals surface area (Å²) in [7, 11) is 0. The Hall–Kier alpha value is -2.43. The molecule has 1 heterocycles. The summed E-state index contributed by atoms with van der Waals surface area (Å²) in [6.07, 6.45) is 2.00. The van der Waals surface area contributed by atoms with Crippen LogP contribution < -0.4 is 10.1 Å².